The Morgan fingerprint density at radius 1 is 1.56 bits per heavy atom. The van der Waals surface area contributed by atoms with E-state index in [1.807, 2.05) is 7.05 Å². The summed E-state index contributed by atoms with van der Waals surface area (Å²) in [4.78, 5) is 0. The van der Waals surface area contributed by atoms with Gasteiger partial charge in [-0.2, -0.15) is 0 Å². The topological polar surface area (TPSA) is 62.1 Å². The fraction of sp³-hybridized carbons (Fsp3) is 1.00. The van der Waals surface area contributed by atoms with E-state index in [0.717, 1.165) is 13.1 Å². The molecule has 4 heteroatoms. The average molecular weight is 130 g/mol. The molecule has 0 saturated carbocycles. The number of hydrogen-bond acceptors (Lipinski definition) is 4. The van der Waals surface area contributed by atoms with Crippen molar-refractivity contribution < 1.29 is 0 Å². The van der Waals surface area contributed by atoms with Crippen LogP contribution in [0.25, 0.3) is 0 Å². The van der Waals surface area contributed by atoms with Gasteiger partial charge in [-0.15, -0.1) is 0 Å². The van der Waals surface area contributed by atoms with Crippen LogP contribution in [0.3, 0.4) is 0 Å². The zero-order chi connectivity index (χ0) is 6.69. The van der Waals surface area contributed by atoms with Crippen LogP contribution in [0.2, 0.25) is 0 Å². The number of nitrogens with one attached hydrogen (secondary N) is 3. The van der Waals surface area contributed by atoms with Crippen LogP contribution in [0.4, 0.5) is 0 Å². The van der Waals surface area contributed by atoms with Gasteiger partial charge in [-0.05, 0) is 7.05 Å². The van der Waals surface area contributed by atoms with Crippen molar-refractivity contribution in [3.05, 3.63) is 0 Å². The highest BCUT2D eigenvalue weighted by atomic mass is 15.2. The zero-order valence-electron chi connectivity index (χ0n) is 5.65. The molecule has 1 aliphatic heterocycles. The second-order valence-corrected chi connectivity index (χ2v) is 2.27. The lowest BCUT2D eigenvalue weighted by Crippen LogP contribution is -2.58. The van der Waals surface area contributed by atoms with E-state index in [1.165, 1.54) is 0 Å². The maximum Gasteiger partial charge on any atom is 0.0606 e. The van der Waals surface area contributed by atoms with E-state index in [9.17, 15) is 0 Å². The Kier molecular flexibility index (Phi) is 2.41. The zero-order valence-corrected chi connectivity index (χ0v) is 5.65. The average Bonchev–Trinajstić information content (AvgIpc) is 1.88. The molecule has 1 fully saturated rings. The highest BCUT2D eigenvalue weighted by molar-refractivity contribution is 4.73. The van der Waals surface area contributed by atoms with Crippen molar-refractivity contribution in [1.82, 2.24) is 16.0 Å². The van der Waals surface area contributed by atoms with E-state index in [1.54, 1.807) is 0 Å². The van der Waals surface area contributed by atoms with Crippen LogP contribution in [0.1, 0.15) is 6.42 Å². The summed E-state index contributed by atoms with van der Waals surface area (Å²) in [6.07, 6.45) is 1.46. The molecule has 0 radical (unpaired) electrons. The Balaban J connectivity index is 2.23. The van der Waals surface area contributed by atoms with Crippen LogP contribution in [-0.2, 0) is 0 Å². The van der Waals surface area contributed by atoms with Gasteiger partial charge in [0.1, 0.15) is 0 Å². The second-order valence-electron chi connectivity index (χ2n) is 2.27. The van der Waals surface area contributed by atoms with E-state index in [-0.39, 0.29) is 6.17 Å². The van der Waals surface area contributed by atoms with Gasteiger partial charge in [0.15, 0.2) is 0 Å². The summed E-state index contributed by atoms with van der Waals surface area (Å²) >= 11 is 0. The van der Waals surface area contributed by atoms with Crippen molar-refractivity contribution in [3.8, 4) is 0 Å². The molecule has 1 rings (SSSR count). The molecule has 0 amide bonds. The predicted octanol–water partition coefficient (Wildman–Crippen LogP) is -1.64. The van der Waals surface area contributed by atoms with Crippen molar-refractivity contribution in [2.75, 3.05) is 13.7 Å². The molecule has 1 heterocycles. The molecule has 1 saturated heterocycles. The molecule has 2 unspecified atom stereocenters. The fourth-order valence-electron chi connectivity index (χ4n) is 0.954. The highest BCUT2D eigenvalue weighted by Crippen LogP contribution is 1.92. The summed E-state index contributed by atoms with van der Waals surface area (Å²) in [5, 5.41) is 9.37. The van der Waals surface area contributed by atoms with Crippen LogP contribution in [0.5, 0.6) is 0 Å². The largest absolute Gasteiger partial charge is 0.316 e. The molecule has 5 N–H and O–H groups in total. The van der Waals surface area contributed by atoms with Gasteiger partial charge >= 0.3 is 0 Å². The van der Waals surface area contributed by atoms with Gasteiger partial charge in [-0.25, -0.2) is 0 Å². The summed E-state index contributed by atoms with van der Waals surface area (Å²) in [5.41, 5.74) is 5.61. The van der Waals surface area contributed by atoms with E-state index in [4.69, 9.17) is 5.73 Å². The quantitative estimate of drug-likeness (QED) is 0.344. The SMILES string of the molecule is CNC1CC(N)NCN1. The van der Waals surface area contributed by atoms with Crippen LogP contribution in [0.15, 0.2) is 0 Å². The fourth-order valence-corrected chi connectivity index (χ4v) is 0.954. The van der Waals surface area contributed by atoms with Gasteiger partial charge < -0.3 is 11.1 Å². The first kappa shape index (κ1) is 6.95. The van der Waals surface area contributed by atoms with E-state index >= 15 is 0 Å². The van der Waals surface area contributed by atoms with Crippen molar-refractivity contribution in [2.24, 2.45) is 5.73 Å². The molecule has 9 heavy (non-hydrogen) atoms. The van der Waals surface area contributed by atoms with Gasteiger partial charge in [0.05, 0.1) is 12.3 Å². The minimum Gasteiger partial charge on any atom is -0.316 e. The Labute approximate surface area is 55.2 Å². The van der Waals surface area contributed by atoms with Gasteiger partial charge in [0.2, 0.25) is 0 Å². The minimum absolute atomic E-state index is 0.142. The maximum absolute atomic E-state index is 5.61. The van der Waals surface area contributed by atoms with Crippen LogP contribution in [0, 0.1) is 0 Å². The van der Waals surface area contributed by atoms with Crippen molar-refractivity contribution in [3.63, 3.8) is 0 Å². The molecule has 4 nitrogen and oxygen atoms in total. The number of hydrogen-bond donors (Lipinski definition) is 4. The van der Waals surface area contributed by atoms with Crippen LogP contribution >= 0.6 is 0 Å². The van der Waals surface area contributed by atoms with Crippen molar-refractivity contribution in [1.29, 1.82) is 0 Å². The van der Waals surface area contributed by atoms with Crippen LogP contribution in [-0.4, -0.2) is 26.0 Å². The molecule has 1 aliphatic rings. The summed E-state index contributed by atoms with van der Waals surface area (Å²) < 4.78 is 0. The molecule has 0 aromatic heterocycles. The third kappa shape index (κ3) is 1.91. The first-order valence-electron chi connectivity index (χ1n) is 3.22. The lowest BCUT2D eigenvalue weighted by molar-refractivity contribution is 0.293. The smallest absolute Gasteiger partial charge is 0.0606 e. The predicted molar refractivity (Wildman–Crippen MR) is 36.6 cm³/mol. The molecule has 54 valence electrons. The molecule has 0 bridgehead atoms. The summed E-state index contributed by atoms with van der Waals surface area (Å²) in [5.74, 6) is 0. The highest BCUT2D eigenvalue weighted by Gasteiger charge is 2.14. The minimum atomic E-state index is 0.142. The first-order chi connectivity index (χ1) is 4.33. The monoisotopic (exact) mass is 130 g/mol. The van der Waals surface area contributed by atoms with Crippen molar-refractivity contribution >= 4 is 0 Å². The molecular formula is C5H14N4. The summed E-state index contributed by atoms with van der Waals surface area (Å²) in [6, 6.07) is 0. The Hall–Kier alpha value is -0.160. The van der Waals surface area contributed by atoms with Gasteiger partial charge in [0.25, 0.3) is 0 Å². The molecule has 0 aliphatic carbocycles. The lowest BCUT2D eigenvalue weighted by Gasteiger charge is -2.28. The van der Waals surface area contributed by atoms with Crippen LogP contribution < -0.4 is 21.7 Å². The number of nitrogens with two attached hydrogens (primary N) is 1. The Morgan fingerprint density at radius 3 is 2.78 bits per heavy atom. The molecule has 0 aromatic carbocycles. The normalized spacial score (nSPS) is 36.7. The Morgan fingerprint density at radius 2 is 2.33 bits per heavy atom. The van der Waals surface area contributed by atoms with Gasteiger partial charge in [-0.1, -0.05) is 0 Å². The third-order valence-corrected chi connectivity index (χ3v) is 1.55. The van der Waals surface area contributed by atoms with E-state index in [0.29, 0.717) is 6.17 Å². The standard InChI is InChI=1S/C5H14N4/c1-7-5-2-4(6)8-3-9-5/h4-5,7-9H,2-3,6H2,1H3. The van der Waals surface area contributed by atoms with Gasteiger partial charge in [-0.3, -0.25) is 10.6 Å². The Bertz CT molecular complexity index is 85.0. The van der Waals surface area contributed by atoms with E-state index < -0.39 is 0 Å². The third-order valence-electron chi connectivity index (χ3n) is 1.55. The summed E-state index contributed by atoms with van der Waals surface area (Å²) in [7, 11) is 1.93. The number of rotatable bonds is 1. The lowest BCUT2D eigenvalue weighted by atomic mass is 10.2. The first-order valence-corrected chi connectivity index (χ1v) is 3.22. The second kappa shape index (κ2) is 3.12. The molecule has 0 aromatic rings. The van der Waals surface area contributed by atoms with Crippen molar-refractivity contribution in [2.45, 2.75) is 18.8 Å². The molecule has 0 spiro atoms. The van der Waals surface area contributed by atoms with E-state index in [2.05, 4.69) is 16.0 Å². The molecule has 2 atom stereocenters. The van der Waals surface area contributed by atoms with Gasteiger partial charge in [0, 0.05) is 13.1 Å². The summed E-state index contributed by atoms with van der Waals surface area (Å²) in [6.45, 7) is 0.798. The maximum atomic E-state index is 5.61. The molecular weight excluding hydrogens is 116 g/mol.